The Kier molecular flexibility index (Phi) is 10.0. The minimum atomic E-state index is -1.36. The fraction of sp³-hybridized carbons (Fsp3) is 0.250. The van der Waals surface area contributed by atoms with Crippen LogP contribution in [0.1, 0.15) is 143 Å². The first-order valence-electron chi connectivity index (χ1n) is 19.5. The van der Waals surface area contributed by atoms with Crippen molar-refractivity contribution >= 4 is 89.7 Å². The molecule has 0 saturated heterocycles. The number of fused-ring (bicyclic) bond motifs is 2. The van der Waals surface area contributed by atoms with Gasteiger partial charge in [0, 0.05) is 32.9 Å². The number of rotatable bonds is 12. The van der Waals surface area contributed by atoms with Gasteiger partial charge in [-0.05, 0) is 85.7 Å². The van der Waals surface area contributed by atoms with Gasteiger partial charge in [0.05, 0.1) is 33.6 Å². The number of carbonyl (C=O) groups is 4. The van der Waals surface area contributed by atoms with Crippen LogP contribution in [-0.2, 0) is 0 Å². The highest BCUT2D eigenvalue weighted by molar-refractivity contribution is 6.41. The van der Waals surface area contributed by atoms with Crippen molar-refractivity contribution in [2.24, 2.45) is 0 Å². The van der Waals surface area contributed by atoms with Crippen molar-refractivity contribution in [2.75, 3.05) is 10.6 Å². The summed E-state index contributed by atoms with van der Waals surface area (Å²) in [5.74, 6) is -5.26. The van der Waals surface area contributed by atoms with Crippen molar-refractivity contribution in [2.45, 2.75) is 79.1 Å². The molecule has 0 aliphatic rings. The molecule has 0 spiro atoms. The lowest BCUT2D eigenvalue weighted by Gasteiger charge is -2.29. The van der Waals surface area contributed by atoms with Crippen molar-refractivity contribution in [1.29, 1.82) is 0 Å². The second kappa shape index (κ2) is 14.7. The molecule has 0 amide bonds. The molecule has 7 aromatic rings. The van der Waals surface area contributed by atoms with Gasteiger partial charge in [-0.1, -0.05) is 110 Å². The first kappa shape index (κ1) is 39.6. The SMILES string of the molecule is CC(C)c1cccc(C(C)C)c1Nc1c(C(=O)O)c2c(C(=O)O)ccc3c4ccc(C(=O)O)c5c(C(=O)O)ccc(c(c1Nc1c(C(C)C)cccc1C(C)C)c23)c54. The molecule has 0 aromatic heterocycles. The number of aromatic carboxylic acids is 4. The third-order valence-electron chi connectivity index (χ3n) is 11.3. The lowest BCUT2D eigenvalue weighted by atomic mass is 9.82. The largest absolute Gasteiger partial charge is 0.478 e. The summed E-state index contributed by atoms with van der Waals surface area (Å²) in [6, 6.07) is 20.8. The zero-order valence-electron chi connectivity index (χ0n) is 33.7. The van der Waals surface area contributed by atoms with E-state index in [4.69, 9.17) is 0 Å². The Morgan fingerprint density at radius 3 is 1.12 bits per heavy atom. The molecule has 0 fully saturated rings. The second-order valence-electron chi connectivity index (χ2n) is 16.2. The van der Waals surface area contributed by atoms with Gasteiger partial charge in [0.15, 0.2) is 0 Å². The molecule has 10 heteroatoms. The van der Waals surface area contributed by atoms with Crippen LogP contribution in [0.3, 0.4) is 0 Å². The molecule has 7 aromatic carbocycles. The third kappa shape index (κ3) is 6.20. The highest BCUT2D eigenvalue weighted by atomic mass is 16.4. The standard InChI is InChI=1S/C48H46N2O8/c1-21(2)25-11-9-12-26(22(3)4)41(25)49-43-39-31-17-20-33(46(53)54)36-32(45(51)52)18-15-29(35(31)36)30-16-19-34(47(55)56)38(37(30)39)40(48(57)58)44(43)50-42-27(23(5)6)13-10-14-28(42)24(7)8/h9-24,49-50H,1-8H3,(H,51,52)(H,53,54)(H,55,56)(H,57,58). The van der Waals surface area contributed by atoms with E-state index in [1.54, 1.807) is 18.2 Å². The van der Waals surface area contributed by atoms with Crippen LogP contribution in [0.15, 0.2) is 72.8 Å². The van der Waals surface area contributed by atoms with Gasteiger partial charge in [-0.15, -0.1) is 0 Å². The molecule has 296 valence electrons. The summed E-state index contributed by atoms with van der Waals surface area (Å²) in [4.78, 5) is 52.8. The molecular weight excluding hydrogens is 733 g/mol. The summed E-state index contributed by atoms with van der Waals surface area (Å²) in [6.07, 6.45) is 0. The molecule has 0 radical (unpaired) electrons. The Labute approximate surface area is 335 Å². The van der Waals surface area contributed by atoms with Crippen molar-refractivity contribution in [3.05, 3.63) is 117 Å². The van der Waals surface area contributed by atoms with Crippen LogP contribution in [-0.4, -0.2) is 44.3 Å². The number of carboxylic acids is 4. The Morgan fingerprint density at radius 2 is 0.741 bits per heavy atom. The van der Waals surface area contributed by atoms with E-state index in [2.05, 4.69) is 38.3 Å². The molecular formula is C48H46N2O8. The van der Waals surface area contributed by atoms with E-state index in [0.717, 1.165) is 27.9 Å². The maximum absolute atomic E-state index is 14.0. The number of benzene rings is 7. The van der Waals surface area contributed by atoms with Crippen LogP contribution in [0.25, 0.3) is 43.1 Å². The Hall–Kier alpha value is -6.68. The normalized spacial score (nSPS) is 11.9. The lowest BCUT2D eigenvalue weighted by molar-refractivity contribution is 0.0681. The van der Waals surface area contributed by atoms with Gasteiger partial charge in [0.1, 0.15) is 0 Å². The summed E-state index contributed by atoms with van der Waals surface area (Å²) in [5, 5.41) is 52.8. The van der Waals surface area contributed by atoms with E-state index in [1.807, 2.05) is 64.1 Å². The summed E-state index contributed by atoms with van der Waals surface area (Å²) in [6.45, 7) is 16.5. The number of hydrogen-bond donors (Lipinski definition) is 6. The maximum Gasteiger partial charge on any atom is 0.338 e. The van der Waals surface area contributed by atoms with Crippen LogP contribution in [0.4, 0.5) is 22.7 Å². The minimum Gasteiger partial charge on any atom is -0.478 e. The van der Waals surface area contributed by atoms with Gasteiger partial charge in [-0.25, -0.2) is 19.2 Å². The molecule has 6 N–H and O–H groups in total. The Morgan fingerprint density at radius 1 is 0.379 bits per heavy atom. The van der Waals surface area contributed by atoms with E-state index >= 15 is 0 Å². The summed E-state index contributed by atoms with van der Waals surface area (Å²) >= 11 is 0. The predicted octanol–water partition coefficient (Wildman–Crippen LogP) is 12.5. The van der Waals surface area contributed by atoms with Gasteiger partial charge < -0.3 is 31.1 Å². The van der Waals surface area contributed by atoms with E-state index in [0.29, 0.717) is 43.7 Å². The fourth-order valence-electron chi connectivity index (χ4n) is 8.68. The average Bonchev–Trinajstić information content (AvgIpc) is 3.16. The van der Waals surface area contributed by atoms with Crippen LogP contribution in [0.2, 0.25) is 0 Å². The number of nitrogens with one attached hydrogen (secondary N) is 2. The fourth-order valence-corrected chi connectivity index (χ4v) is 8.68. The summed E-state index contributed by atoms with van der Waals surface area (Å²) < 4.78 is 0. The van der Waals surface area contributed by atoms with Crippen molar-refractivity contribution in [3.63, 3.8) is 0 Å². The molecule has 0 aliphatic heterocycles. The predicted molar refractivity (Wildman–Crippen MR) is 231 cm³/mol. The van der Waals surface area contributed by atoms with Crippen LogP contribution >= 0.6 is 0 Å². The molecule has 58 heavy (non-hydrogen) atoms. The van der Waals surface area contributed by atoms with Gasteiger partial charge in [0.25, 0.3) is 0 Å². The van der Waals surface area contributed by atoms with E-state index in [-0.39, 0.29) is 62.4 Å². The number of hydrogen-bond acceptors (Lipinski definition) is 6. The monoisotopic (exact) mass is 778 g/mol. The van der Waals surface area contributed by atoms with Crippen LogP contribution < -0.4 is 10.6 Å². The Bertz CT molecular complexity index is 2800. The number of anilines is 4. The number of carboxylic acid groups (broad SMARTS) is 4. The maximum atomic E-state index is 14.0. The molecule has 0 saturated carbocycles. The van der Waals surface area contributed by atoms with Gasteiger partial charge >= 0.3 is 23.9 Å². The first-order chi connectivity index (χ1) is 27.5. The van der Waals surface area contributed by atoms with Gasteiger partial charge in [-0.3, -0.25) is 0 Å². The topological polar surface area (TPSA) is 173 Å². The summed E-state index contributed by atoms with van der Waals surface area (Å²) in [7, 11) is 0. The lowest BCUT2D eigenvalue weighted by Crippen LogP contribution is -2.14. The highest BCUT2D eigenvalue weighted by Crippen LogP contribution is 2.53. The van der Waals surface area contributed by atoms with Crippen LogP contribution in [0.5, 0.6) is 0 Å². The van der Waals surface area contributed by atoms with Crippen molar-refractivity contribution < 1.29 is 39.6 Å². The van der Waals surface area contributed by atoms with E-state index in [1.165, 1.54) is 18.2 Å². The molecule has 7 rings (SSSR count). The zero-order chi connectivity index (χ0) is 42.1. The van der Waals surface area contributed by atoms with Gasteiger partial charge in [0.2, 0.25) is 0 Å². The highest BCUT2D eigenvalue weighted by Gasteiger charge is 2.32. The molecule has 0 heterocycles. The smallest absolute Gasteiger partial charge is 0.338 e. The molecule has 0 atom stereocenters. The van der Waals surface area contributed by atoms with E-state index < -0.39 is 23.9 Å². The third-order valence-corrected chi connectivity index (χ3v) is 11.3. The first-order valence-corrected chi connectivity index (χ1v) is 19.5. The van der Waals surface area contributed by atoms with E-state index in [9.17, 15) is 39.6 Å². The molecule has 0 aliphatic carbocycles. The summed E-state index contributed by atoms with van der Waals surface area (Å²) in [5.41, 5.74) is 4.73. The van der Waals surface area contributed by atoms with Gasteiger partial charge in [-0.2, -0.15) is 0 Å². The molecule has 0 bridgehead atoms. The minimum absolute atomic E-state index is 0.00426. The zero-order valence-corrected chi connectivity index (χ0v) is 33.7. The van der Waals surface area contributed by atoms with Crippen molar-refractivity contribution in [3.8, 4) is 0 Å². The Balaban J connectivity index is 1.84. The molecule has 0 unspecified atom stereocenters. The second-order valence-corrected chi connectivity index (χ2v) is 16.2. The number of para-hydroxylation sites is 2. The van der Waals surface area contributed by atoms with Crippen LogP contribution in [0, 0.1) is 0 Å². The quantitative estimate of drug-likeness (QED) is 0.0517. The average molecular weight is 779 g/mol. The van der Waals surface area contributed by atoms with Crippen molar-refractivity contribution in [1.82, 2.24) is 0 Å². The molecule has 10 nitrogen and oxygen atoms in total.